The minimum atomic E-state index is 0.0746. The molecule has 4 nitrogen and oxygen atoms in total. The average Bonchev–Trinajstić information content (AvgIpc) is 3.13. The fourth-order valence-corrected chi connectivity index (χ4v) is 4.53. The van der Waals surface area contributed by atoms with Gasteiger partial charge in [0, 0.05) is 24.7 Å². The van der Waals surface area contributed by atoms with Gasteiger partial charge in [0.25, 0.3) is 0 Å². The molecule has 134 valence electrons. The summed E-state index contributed by atoms with van der Waals surface area (Å²) in [5.74, 6) is 0.223. The summed E-state index contributed by atoms with van der Waals surface area (Å²) in [6.07, 6.45) is 2.67. The van der Waals surface area contributed by atoms with Crippen molar-refractivity contribution >= 4 is 38.3 Å². The highest BCUT2D eigenvalue weighted by Crippen LogP contribution is 2.31. The summed E-state index contributed by atoms with van der Waals surface area (Å²) >= 11 is 1.74. The van der Waals surface area contributed by atoms with Crippen molar-refractivity contribution in [1.82, 2.24) is 4.98 Å². The molecule has 1 N–H and O–H groups in total. The number of hydrogen-bond acceptors (Lipinski definition) is 4. The van der Waals surface area contributed by atoms with Crippen molar-refractivity contribution in [3.63, 3.8) is 0 Å². The number of aromatic nitrogens is 1. The Morgan fingerprint density at radius 3 is 2.65 bits per heavy atom. The van der Waals surface area contributed by atoms with Crippen LogP contribution in [0, 0.1) is 5.92 Å². The van der Waals surface area contributed by atoms with Crippen LogP contribution in [0.1, 0.15) is 25.3 Å². The van der Waals surface area contributed by atoms with Crippen LogP contribution in [0.5, 0.6) is 0 Å². The molecule has 1 amide bonds. The number of para-hydroxylation sites is 2. The predicted octanol–water partition coefficient (Wildman–Crippen LogP) is 4.71. The van der Waals surface area contributed by atoms with E-state index >= 15 is 0 Å². The largest absolute Gasteiger partial charge is 0.348 e. The number of benzene rings is 2. The first-order valence-corrected chi connectivity index (χ1v) is 10.1. The molecule has 0 saturated carbocycles. The first-order chi connectivity index (χ1) is 12.7. The molecule has 2 aromatic carbocycles. The van der Waals surface area contributed by atoms with Gasteiger partial charge in [-0.15, -0.1) is 0 Å². The van der Waals surface area contributed by atoms with Crippen LogP contribution in [0.3, 0.4) is 0 Å². The Hall–Kier alpha value is -2.40. The lowest BCUT2D eigenvalue weighted by atomic mass is 9.96. The molecular formula is C21H23N3OS. The molecular weight excluding hydrogens is 342 g/mol. The fraction of sp³-hybridized carbons (Fsp3) is 0.333. The van der Waals surface area contributed by atoms with E-state index < -0.39 is 0 Å². The van der Waals surface area contributed by atoms with Gasteiger partial charge in [0.05, 0.1) is 10.2 Å². The van der Waals surface area contributed by atoms with Crippen LogP contribution >= 0.6 is 11.3 Å². The summed E-state index contributed by atoms with van der Waals surface area (Å²) in [5, 5.41) is 4.21. The molecule has 2 heterocycles. The molecule has 1 aliphatic rings. The van der Waals surface area contributed by atoms with Gasteiger partial charge in [-0.3, -0.25) is 4.79 Å². The molecule has 1 saturated heterocycles. The van der Waals surface area contributed by atoms with Crippen LogP contribution in [0.2, 0.25) is 0 Å². The van der Waals surface area contributed by atoms with E-state index in [9.17, 15) is 4.79 Å². The van der Waals surface area contributed by atoms with Gasteiger partial charge in [0.15, 0.2) is 5.13 Å². The number of nitrogens with one attached hydrogen (secondary N) is 1. The summed E-state index contributed by atoms with van der Waals surface area (Å²) < 4.78 is 1.22. The number of rotatable bonds is 4. The van der Waals surface area contributed by atoms with Crippen LogP contribution in [0.25, 0.3) is 10.2 Å². The number of aryl methyl sites for hydroxylation is 1. The Bertz CT molecular complexity index is 879. The van der Waals surface area contributed by atoms with Gasteiger partial charge in [-0.2, -0.15) is 0 Å². The molecule has 26 heavy (non-hydrogen) atoms. The lowest BCUT2D eigenvalue weighted by Gasteiger charge is -2.31. The maximum Gasteiger partial charge on any atom is 0.227 e. The van der Waals surface area contributed by atoms with Crippen LogP contribution in [-0.4, -0.2) is 24.0 Å². The zero-order valence-corrected chi connectivity index (χ0v) is 15.8. The standard InChI is InChI=1S/C21H23N3OS/c1-2-15-7-3-4-8-17(15)22-20(25)16-11-13-24(14-12-16)21-23-18-9-5-6-10-19(18)26-21/h3-10,16H,2,11-14H2,1H3,(H,22,25). The Balaban J connectivity index is 1.39. The molecule has 0 atom stereocenters. The third kappa shape index (κ3) is 3.44. The summed E-state index contributed by atoms with van der Waals surface area (Å²) in [4.78, 5) is 19.7. The van der Waals surface area contributed by atoms with E-state index in [0.29, 0.717) is 0 Å². The van der Waals surface area contributed by atoms with Crippen molar-refractivity contribution in [2.75, 3.05) is 23.3 Å². The van der Waals surface area contributed by atoms with Crippen LogP contribution in [0.15, 0.2) is 48.5 Å². The second-order valence-electron chi connectivity index (χ2n) is 6.73. The Morgan fingerprint density at radius 2 is 1.88 bits per heavy atom. The fourth-order valence-electron chi connectivity index (χ4n) is 3.51. The highest BCUT2D eigenvalue weighted by Gasteiger charge is 2.26. The van der Waals surface area contributed by atoms with Gasteiger partial charge in [-0.1, -0.05) is 48.6 Å². The predicted molar refractivity (Wildman–Crippen MR) is 109 cm³/mol. The van der Waals surface area contributed by atoms with Crippen LogP contribution < -0.4 is 10.2 Å². The second-order valence-corrected chi connectivity index (χ2v) is 7.73. The quantitative estimate of drug-likeness (QED) is 0.728. The number of amides is 1. The van der Waals surface area contributed by atoms with Crippen molar-refractivity contribution in [2.24, 2.45) is 5.92 Å². The number of thiazole rings is 1. The summed E-state index contributed by atoms with van der Waals surface area (Å²) in [6.45, 7) is 3.88. The Kier molecular flexibility index (Phi) is 4.89. The number of carbonyl (C=O) groups is 1. The molecule has 0 spiro atoms. The highest BCUT2D eigenvalue weighted by molar-refractivity contribution is 7.22. The first-order valence-electron chi connectivity index (χ1n) is 9.24. The summed E-state index contributed by atoms with van der Waals surface area (Å²) in [7, 11) is 0. The smallest absolute Gasteiger partial charge is 0.227 e. The Labute approximate surface area is 157 Å². The van der Waals surface area contributed by atoms with E-state index in [4.69, 9.17) is 4.98 Å². The maximum atomic E-state index is 12.7. The summed E-state index contributed by atoms with van der Waals surface area (Å²) in [6, 6.07) is 16.3. The number of anilines is 2. The zero-order chi connectivity index (χ0) is 17.9. The van der Waals surface area contributed by atoms with E-state index in [0.717, 1.165) is 48.7 Å². The van der Waals surface area contributed by atoms with Crippen LogP contribution in [-0.2, 0) is 11.2 Å². The molecule has 1 aliphatic heterocycles. The molecule has 0 bridgehead atoms. The third-order valence-electron chi connectivity index (χ3n) is 5.07. The van der Waals surface area contributed by atoms with Crippen molar-refractivity contribution < 1.29 is 4.79 Å². The number of piperidine rings is 1. The van der Waals surface area contributed by atoms with E-state index in [-0.39, 0.29) is 11.8 Å². The van der Waals surface area contributed by atoms with Crippen molar-refractivity contribution in [1.29, 1.82) is 0 Å². The lowest BCUT2D eigenvalue weighted by molar-refractivity contribution is -0.120. The van der Waals surface area contributed by atoms with Gasteiger partial charge in [-0.05, 0) is 43.0 Å². The van der Waals surface area contributed by atoms with Gasteiger partial charge >= 0.3 is 0 Å². The van der Waals surface area contributed by atoms with E-state index in [1.807, 2.05) is 24.3 Å². The SMILES string of the molecule is CCc1ccccc1NC(=O)C1CCN(c2nc3ccccc3s2)CC1. The summed E-state index contributed by atoms with van der Waals surface area (Å²) in [5.41, 5.74) is 3.20. The molecule has 3 aromatic rings. The molecule has 1 fully saturated rings. The van der Waals surface area contributed by atoms with Crippen molar-refractivity contribution in [2.45, 2.75) is 26.2 Å². The normalized spacial score (nSPS) is 15.3. The number of nitrogens with zero attached hydrogens (tertiary/aromatic N) is 2. The second kappa shape index (κ2) is 7.46. The number of hydrogen-bond donors (Lipinski definition) is 1. The molecule has 0 aliphatic carbocycles. The highest BCUT2D eigenvalue weighted by atomic mass is 32.1. The topological polar surface area (TPSA) is 45.2 Å². The number of fused-ring (bicyclic) bond motifs is 1. The number of carbonyl (C=O) groups excluding carboxylic acids is 1. The minimum absolute atomic E-state index is 0.0746. The lowest BCUT2D eigenvalue weighted by Crippen LogP contribution is -2.38. The van der Waals surface area contributed by atoms with Crippen LogP contribution in [0.4, 0.5) is 10.8 Å². The monoisotopic (exact) mass is 365 g/mol. The van der Waals surface area contributed by atoms with Gasteiger partial charge < -0.3 is 10.2 Å². The van der Waals surface area contributed by atoms with E-state index in [2.05, 4.69) is 41.4 Å². The molecule has 0 unspecified atom stereocenters. The van der Waals surface area contributed by atoms with E-state index in [1.165, 1.54) is 10.3 Å². The molecule has 0 radical (unpaired) electrons. The van der Waals surface area contributed by atoms with Gasteiger partial charge in [-0.25, -0.2) is 4.98 Å². The van der Waals surface area contributed by atoms with Gasteiger partial charge in [0.2, 0.25) is 5.91 Å². The maximum absolute atomic E-state index is 12.7. The molecule has 1 aromatic heterocycles. The Morgan fingerprint density at radius 1 is 1.15 bits per heavy atom. The average molecular weight is 366 g/mol. The van der Waals surface area contributed by atoms with Crippen molar-refractivity contribution in [3.8, 4) is 0 Å². The minimum Gasteiger partial charge on any atom is -0.348 e. The van der Waals surface area contributed by atoms with Crippen molar-refractivity contribution in [3.05, 3.63) is 54.1 Å². The first kappa shape index (κ1) is 17.0. The van der Waals surface area contributed by atoms with E-state index in [1.54, 1.807) is 11.3 Å². The van der Waals surface area contributed by atoms with Gasteiger partial charge in [0.1, 0.15) is 0 Å². The molecule has 5 heteroatoms. The zero-order valence-electron chi connectivity index (χ0n) is 14.9. The third-order valence-corrected chi connectivity index (χ3v) is 6.17. The molecule has 4 rings (SSSR count).